The molecule has 0 aliphatic rings. The molecule has 1 N–H and O–H groups in total. The van der Waals surface area contributed by atoms with Crippen molar-refractivity contribution in [2.45, 2.75) is 6.54 Å². The zero-order chi connectivity index (χ0) is 17.5. The Morgan fingerprint density at radius 1 is 1.04 bits per heavy atom. The molecule has 130 valence electrons. The van der Waals surface area contributed by atoms with Crippen LogP contribution in [0.2, 0.25) is 0 Å². The molecule has 0 unspecified atom stereocenters. The molecule has 3 rings (SSSR count). The van der Waals surface area contributed by atoms with Crippen LogP contribution in [0.25, 0.3) is 5.69 Å². The predicted octanol–water partition coefficient (Wildman–Crippen LogP) is 2.11. The quantitative estimate of drug-likeness (QED) is 0.635. The molecule has 0 saturated carbocycles. The van der Waals surface area contributed by atoms with E-state index in [2.05, 4.69) is 39.8 Å². The summed E-state index contributed by atoms with van der Waals surface area (Å²) in [5, 5.41) is 15.0. The average molecular weight is 338 g/mol. The van der Waals surface area contributed by atoms with E-state index in [0.29, 0.717) is 11.8 Å². The maximum absolute atomic E-state index is 5.82. The summed E-state index contributed by atoms with van der Waals surface area (Å²) in [7, 11) is 4.13. The monoisotopic (exact) mass is 338 g/mol. The Morgan fingerprint density at radius 2 is 1.80 bits per heavy atom. The number of nitrogens with zero attached hydrogens (tertiary/aromatic N) is 5. The van der Waals surface area contributed by atoms with Gasteiger partial charge in [-0.15, -0.1) is 0 Å². The zero-order valence-electron chi connectivity index (χ0n) is 14.5. The van der Waals surface area contributed by atoms with Crippen molar-refractivity contribution in [3.05, 3.63) is 60.2 Å². The van der Waals surface area contributed by atoms with Crippen molar-refractivity contribution in [1.29, 1.82) is 0 Å². The first-order valence-electron chi connectivity index (χ1n) is 8.18. The van der Waals surface area contributed by atoms with Crippen LogP contribution in [-0.4, -0.2) is 52.3 Å². The highest BCUT2D eigenvalue weighted by Crippen LogP contribution is 2.21. The summed E-state index contributed by atoms with van der Waals surface area (Å²) in [5.41, 5.74) is 2.05. The van der Waals surface area contributed by atoms with E-state index in [1.54, 1.807) is 4.68 Å². The molecular weight excluding hydrogens is 316 g/mol. The second kappa shape index (κ2) is 8.36. The van der Waals surface area contributed by atoms with Crippen molar-refractivity contribution in [2.75, 3.05) is 27.2 Å². The Balaban J connectivity index is 1.60. The minimum absolute atomic E-state index is 0.336. The van der Waals surface area contributed by atoms with E-state index in [1.165, 1.54) is 5.56 Å². The number of nitrogens with one attached hydrogen (secondary N) is 1. The van der Waals surface area contributed by atoms with Crippen molar-refractivity contribution >= 4 is 0 Å². The predicted molar refractivity (Wildman–Crippen MR) is 95.9 cm³/mol. The van der Waals surface area contributed by atoms with Crippen LogP contribution in [0.5, 0.6) is 11.8 Å². The highest BCUT2D eigenvalue weighted by atomic mass is 16.5. The molecule has 2 aromatic carbocycles. The Morgan fingerprint density at radius 3 is 2.52 bits per heavy atom. The van der Waals surface area contributed by atoms with E-state index in [9.17, 15) is 0 Å². The number of rotatable bonds is 8. The van der Waals surface area contributed by atoms with Gasteiger partial charge in [-0.05, 0) is 54.4 Å². The fourth-order valence-corrected chi connectivity index (χ4v) is 2.29. The summed E-state index contributed by atoms with van der Waals surface area (Å²) in [6.45, 7) is 2.80. The third-order valence-electron chi connectivity index (χ3n) is 3.64. The summed E-state index contributed by atoms with van der Waals surface area (Å²) < 4.78 is 7.38. The molecule has 1 heterocycles. The summed E-state index contributed by atoms with van der Waals surface area (Å²) in [6.07, 6.45) is 0. The van der Waals surface area contributed by atoms with E-state index in [1.807, 2.05) is 54.6 Å². The molecule has 0 spiro atoms. The SMILES string of the molecule is CN(C)CCNCc1ccc(Oc2nnnn2-c2ccccc2)cc1. The Kier molecular flexibility index (Phi) is 5.71. The van der Waals surface area contributed by atoms with Gasteiger partial charge in [0, 0.05) is 19.6 Å². The maximum atomic E-state index is 5.82. The molecule has 0 saturated heterocycles. The van der Waals surface area contributed by atoms with Gasteiger partial charge in [0.25, 0.3) is 0 Å². The summed E-state index contributed by atoms with van der Waals surface area (Å²) in [6, 6.07) is 17.9. The van der Waals surface area contributed by atoms with Gasteiger partial charge in [-0.2, -0.15) is 4.68 Å². The van der Waals surface area contributed by atoms with Crippen LogP contribution in [0.15, 0.2) is 54.6 Å². The minimum Gasteiger partial charge on any atom is -0.423 e. The van der Waals surface area contributed by atoms with Crippen molar-refractivity contribution in [2.24, 2.45) is 0 Å². The lowest BCUT2D eigenvalue weighted by atomic mass is 10.2. The van der Waals surface area contributed by atoms with Crippen LogP contribution in [0, 0.1) is 0 Å². The summed E-state index contributed by atoms with van der Waals surface area (Å²) in [4.78, 5) is 2.15. The Bertz CT molecular complexity index is 770. The number of tetrazole rings is 1. The van der Waals surface area contributed by atoms with E-state index < -0.39 is 0 Å². The number of benzene rings is 2. The molecule has 0 radical (unpaired) electrons. The molecule has 7 nitrogen and oxygen atoms in total. The largest absolute Gasteiger partial charge is 0.423 e. The van der Waals surface area contributed by atoms with Crippen molar-refractivity contribution in [1.82, 2.24) is 30.4 Å². The molecule has 3 aromatic rings. The van der Waals surface area contributed by atoms with Crippen molar-refractivity contribution < 1.29 is 4.74 Å². The number of likely N-dealkylation sites (N-methyl/N-ethyl adjacent to an activating group) is 1. The first-order chi connectivity index (χ1) is 12.2. The molecule has 1 aromatic heterocycles. The van der Waals surface area contributed by atoms with Gasteiger partial charge in [0.1, 0.15) is 5.75 Å². The van der Waals surface area contributed by atoms with Crippen LogP contribution in [0.1, 0.15) is 5.56 Å². The van der Waals surface area contributed by atoms with E-state index in [0.717, 1.165) is 25.3 Å². The normalized spacial score (nSPS) is 11.0. The lowest BCUT2D eigenvalue weighted by Gasteiger charge is -2.10. The second-order valence-corrected chi connectivity index (χ2v) is 5.93. The minimum atomic E-state index is 0.336. The first-order valence-corrected chi connectivity index (χ1v) is 8.18. The number of aromatic nitrogens is 4. The fourth-order valence-electron chi connectivity index (χ4n) is 2.29. The number of hydrogen-bond acceptors (Lipinski definition) is 6. The molecule has 0 bridgehead atoms. The first kappa shape index (κ1) is 17.1. The van der Waals surface area contributed by atoms with Gasteiger partial charge in [-0.25, -0.2) is 0 Å². The van der Waals surface area contributed by atoms with Crippen LogP contribution in [0.4, 0.5) is 0 Å². The van der Waals surface area contributed by atoms with Gasteiger partial charge >= 0.3 is 6.01 Å². The van der Waals surface area contributed by atoms with Crippen LogP contribution in [-0.2, 0) is 6.54 Å². The van der Waals surface area contributed by atoms with Gasteiger partial charge in [-0.1, -0.05) is 35.4 Å². The number of hydrogen-bond donors (Lipinski definition) is 1. The topological polar surface area (TPSA) is 68.1 Å². The van der Waals surface area contributed by atoms with E-state index >= 15 is 0 Å². The van der Waals surface area contributed by atoms with Crippen LogP contribution >= 0.6 is 0 Å². The molecule has 0 aliphatic heterocycles. The third kappa shape index (κ3) is 4.85. The molecule has 0 atom stereocenters. The Labute approximate surface area is 147 Å². The summed E-state index contributed by atoms with van der Waals surface area (Å²) in [5.74, 6) is 0.698. The summed E-state index contributed by atoms with van der Waals surface area (Å²) >= 11 is 0. The molecule has 0 aliphatic carbocycles. The van der Waals surface area contributed by atoms with E-state index in [-0.39, 0.29) is 0 Å². The van der Waals surface area contributed by atoms with Gasteiger partial charge < -0.3 is 15.0 Å². The molecule has 25 heavy (non-hydrogen) atoms. The maximum Gasteiger partial charge on any atom is 0.345 e. The van der Waals surface area contributed by atoms with Gasteiger partial charge in [0.15, 0.2) is 0 Å². The van der Waals surface area contributed by atoms with Gasteiger partial charge in [0.05, 0.1) is 5.69 Å². The Hall–Kier alpha value is -2.77. The standard InChI is InChI=1S/C18H22N6O/c1-23(2)13-12-19-14-15-8-10-17(11-9-15)25-18-20-21-22-24(18)16-6-4-3-5-7-16/h3-11,19H,12-14H2,1-2H3. The highest BCUT2D eigenvalue weighted by Gasteiger charge is 2.10. The number of para-hydroxylation sites is 1. The van der Waals surface area contributed by atoms with Gasteiger partial charge in [-0.3, -0.25) is 0 Å². The smallest absolute Gasteiger partial charge is 0.345 e. The van der Waals surface area contributed by atoms with Crippen LogP contribution < -0.4 is 10.1 Å². The lowest BCUT2D eigenvalue weighted by molar-refractivity contribution is 0.400. The van der Waals surface area contributed by atoms with Crippen molar-refractivity contribution in [3.8, 4) is 17.4 Å². The van der Waals surface area contributed by atoms with E-state index in [4.69, 9.17) is 4.74 Å². The molecular formula is C18H22N6O. The zero-order valence-corrected chi connectivity index (χ0v) is 14.5. The van der Waals surface area contributed by atoms with Crippen molar-refractivity contribution in [3.63, 3.8) is 0 Å². The fraction of sp³-hybridized carbons (Fsp3) is 0.278. The number of ether oxygens (including phenoxy) is 1. The van der Waals surface area contributed by atoms with Crippen LogP contribution in [0.3, 0.4) is 0 Å². The molecule has 7 heteroatoms. The molecule has 0 amide bonds. The third-order valence-corrected chi connectivity index (χ3v) is 3.64. The van der Waals surface area contributed by atoms with Gasteiger partial charge in [0.2, 0.25) is 0 Å². The lowest BCUT2D eigenvalue weighted by Crippen LogP contribution is -2.26. The molecule has 0 fully saturated rings. The highest BCUT2D eigenvalue weighted by molar-refractivity contribution is 5.34. The average Bonchev–Trinajstić information content (AvgIpc) is 3.09. The second-order valence-electron chi connectivity index (χ2n) is 5.93.